The Morgan fingerprint density at radius 2 is 1.98 bits per heavy atom. The zero-order chi connectivity index (χ0) is 28.3. The van der Waals surface area contributed by atoms with Crippen LogP contribution in [0.3, 0.4) is 0 Å². The number of carbonyl (C=O) groups excluding carboxylic acids is 1. The smallest absolute Gasteiger partial charge is 0.219 e. The number of rotatable bonds is 6. The van der Waals surface area contributed by atoms with E-state index in [0.29, 0.717) is 19.8 Å². The number of aromatic nitrogens is 5. The van der Waals surface area contributed by atoms with Crippen LogP contribution in [-0.2, 0) is 29.0 Å². The summed E-state index contributed by atoms with van der Waals surface area (Å²) in [6.07, 6.45) is 10.5. The third-order valence-electron chi connectivity index (χ3n) is 8.67. The Morgan fingerprint density at radius 3 is 2.73 bits per heavy atom. The average Bonchev–Trinajstić information content (AvgIpc) is 3.61. The van der Waals surface area contributed by atoms with Gasteiger partial charge in [-0.1, -0.05) is 32.0 Å². The summed E-state index contributed by atoms with van der Waals surface area (Å²) in [6.45, 7) is 11.6. The highest BCUT2D eigenvalue weighted by atomic mass is 16.5. The summed E-state index contributed by atoms with van der Waals surface area (Å²) in [4.78, 5) is 19.0. The molecule has 7 rings (SSSR count). The van der Waals surface area contributed by atoms with Gasteiger partial charge in [0.1, 0.15) is 0 Å². The van der Waals surface area contributed by atoms with Gasteiger partial charge in [-0.05, 0) is 49.7 Å². The number of amides is 1. The molecule has 2 fully saturated rings. The number of nitrogens with one attached hydrogen (secondary N) is 1. The van der Waals surface area contributed by atoms with E-state index < -0.39 is 0 Å². The molecule has 2 saturated heterocycles. The first-order valence-corrected chi connectivity index (χ1v) is 15.2. The van der Waals surface area contributed by atoms with Crippen LogP contribution in [0.25, 0.3) is 33.3 Å². The molecular formula is C32H41N7O2. The second-order valence-corrected chi connectivity index (χ2v) is 11.2. The largest absolute Gasteiger partial charge is 0.377 e. The van der Waals surface area contributed by atoms with Gasteiger partial charge in [-0.3, -0.25) is 19.1 Å². The van der Waals surface area contributed by atoms with Crippen LogP contribution >= 0.6 is 0 Å². The Morgan fingerprint density at radius 1 is 1.15 bits per heavy atom. The number of hydrogen-bond acceptors (Lipinski definition) is 6. The molecule has 41 heavy (non-hydrogen) atoms. The van der Waals surface area contributed by atoms with Crippen molar-refractivity contribution in [1.29, 1.82) is 0 Å². The highest BCUT2D eigenvalue weighted by molar-refractivity contribution is 5.97. The highest BCUT2D eigenvalue weighted by Crippen LogP contribution is 2.37. The SMILES string of the molecule is CC.CC(=O)N1CCc2c(c(-c3cccc4cc(-c5cnn(CCC6CCNCC6)c5)ncc34)nn2C2COC2)C1. The van der Waals surface area contributed by atoms with Crippen molar-refractivity contribution in [2.45, 2.75) is 65.6 Å². The van der Waals surface area contributed by atoms with Crippen molar-refractivity contribution < 1.29 is 9.53 Å². The van der Waals surface area contributed by atoms with Gasteiger partial charge in [0, 0.05) is 73.1 Å². The maximum atomic E-state index is 12.2. The second kappa shape index (κ2) is 12.1. The summed E-state index contributed by atoms with van der Waals surface area (Å²) < 4.78 is 9.70. The molecule has 4 aromatic rings. The minimum absolute atomic E-state index is 0.104. The summed E-state index contributed by atoms with van der Waals surface area (Å²) >= 11 is 0. The van der Waals surface area contributed by atoms with Crippen LogP contribution in [0.5, 0.6) is 0 Å². The Hall–Kier alpha value is -3.56. The minimum Gasteiger partial charge on any atom is -0.377 e. The number of pyridine rings is 1. The molecule has 0 atom stereocenters. The van der Waals surface area contributed by atoms with Crippen LogP contribution in [0.4, 0.5) is 0 Å². The van der Waals surface area contributed by atoms with Crippen LogP contribution in [0.1, 0.15) is 57.3 Å². The molecule has 3 aliphatic heterocycles. The lowest BCUT2D eigenvalue weighted by atomic mass is 9.95. The third kappa shape index (κ3) is 5.53. The van der Waals surface area contributed by atoms with Crippen molar-refractivity contribution in [3.8, 4) is 22.5 Å². The van der Waals surface area contributed by atoms with E-state index in [1.54, 1.807) is 6.92 Å². The zero-order valence-corrected chi connectivity index (χ0v) is 24.5. The molecule has 0 aliphatic carbocycles. The van der Waals surface area contributed by atoms with Gasteiger partial charge in [-0.2, -0.15) is 10.2 Å². The first-order valence-electron chi connectivity index (χ1n) is 15.2. The van der Waals surface area contributed by atoms with Crippen LogP contribution < -0.4 is 5.32 Å². The van der Waals surface area contributed by atoms with Crippen LogP contribution in [0.15, 0.2) is 42.9 Å². The summed E-state index contributed by atoms with van der Waals surface area (Å²) in [5.74, 6) is 0.886. The maximum Gasteiger partial charge on any atom is 0.219 e. The zero-order valence-electron chi connectivity index (χ0n) is 24.5. The normalized spacial score (nSPS) is 17.6. The summed E-state index contributed by atoms with van der Waals surface area (Å²) in [7, 11) is 0. The number of fused-ring (bicyclic) bond motifs is 2. The van der Waals surface area contributed by atoms with Gasteiger partial charge in [0.25, 0.3) is 0 Å². The molecule has 6 heterocycles. The molecule has 9 nitrogen and oxygen atoms in total. The van der Waals surface area contributed by atoms with E-state index in [1.807, 2.05) is 31.1 Å². The molecule has 0 bridgehead atoms. The molecule has 1 amide bonds. The summed E-state index contributed by atoms with van der Waals surface area (Å²) in [6, 6.07) is 8.77. The van der Waals surface area contributed by atoms with Crippen molar-refractivity contribution in [1.82, 2.24) is 34.8 Å². The molecule has 0 radical (unpaired) electrons. The van der Waals surface area contributed by atoms with Gasteiger partial charge >= 0.3 is 0 Å². The predicted molar refractivity (Wildman–Crippen MR) is 160 cm³/mol. The van der Waals surface area contributed by atoms with Crippen LogP contribution in [-0.4, -0.2) is 68.2 Å². The summed E-state index contributed by atoms with van der Waals surface area (Å²) in [5, 5.41) is 15.4. The maximum absolute atomic E-state index is 12.2. The molecule has 9 heteroatoms. The lowest BCUT2D eigenvalue weighted by molar-refractivity contribution is -0.129. The van der Waals surface area contributed by atoms with E-state index in [0.717, 1.165) is 77.4 Å². The van der Waals surface area contributed by atoms with E-state index in [4.69, 9.17) is 14.8 Å². The van der Waals surface area contributed by atoms with E-state index >= 15 is 0 Å². The van der Waals surface area contributed by atoms with E-state index in [1.165, 1.54) is 25.0 Å². The molecule has 0 unspecified atom stereocenters. The number of hydrogen-bond donors (Lipinski definition) is 1. The minimum atomic E-state index is 0.104. The van der Waals surface area contributed by atoms with Gasteiger partial charge in [-0.15, -0.1) is 0 Å². The Balaban J connectivity index is 0.00000148. The standard InChI is InChI=1S/C30H35N7O2.C2H6/c1-20(38)35-11-8-29-27(17-35)30(34-37(29)24-18-39-19-24)25-4-2-3-22-13-28(32-15-26(22)25)23-14-33-36(16-23)12-7-21-5-9-31-10-6-21;1-2/h2-4,13-16,21,24,31H,5-12,17-19H2,1H3;1-2H3. The van der Waals surface area contributed by atoms with Crippen molar-refractivity contribution in [3.05, 3.63) is 54.1 Å². The number of carbonyl (C=O) groups is 1. The number of piperidine rings is 1. The highest BCUT2D eigenvalue weighted by Gasteiger charge is 2.32. The number of nitrogens with zero attached hydrogens (tertiary/aromatic N) is 6. The fourth-order valence-electron chi connectivity index (χ4n) is 6.24. The van der Waals surface area contributed by atoms with E-state index in [9.17, 15) is 4.79 Å². The van der Waals surface area contributed by atoms with Crippen LogP contribution in [0.2, 0.25) is 0 Å². The molecule has 0 saturated carbocycles. The molecule has 0 spiro atoms. The molecule has 3 aromatic heterocycles. The topological polar surface area (TPSA) is 90.1 Å². The van der Waals surface area contributed by atoms with Gasteiger partial charge in [-0.25, -0.2) is 0 Å². The lowest BCUT2D eigenvalue weighted by Gasteiger charge is -2.31. The van der Waals surface area contributed by atoms with E-state index in [2.05, 4.69) is 50.2 Å². The third-order valence-corrected chi connectivity index (χ3v) is 8.67. The van der Waals surface area contributed by atoms with Gasteiger partial charge in [0.15, 0.2) is 0 Å². The first-order chi connectivity index (χ1) is 20.1. The van der Waals surface area contributed by atoms with Crippen molar-refractivity contribution in [2.24, 2.45) is 5.92 Å². The fourth-order valence-corrected chi connectivity index (χ4v) is 6.24. The van der Waals surface area contributed by atoms with Gasteiger partial charge < -0.3 is 15.0 Å². The molecule has 1 aromatic carbocycles. The van der Waals surface area contributed by atoms with Crippen molar-refractivity contribution in [3.63, 3.8) is 0 Å². The second-order valence-electron chi connectivity index (χ2n) is 11.2. The molecule has 216 valence electrons. The quantitative estimate of drug-likeness (QED) is 0.366. The molecule has 1 N–H and O–H groups in total. The Bertz CT molecular complexity index is 1510. The lowest BCUT2D eigenvalue weighted by Crippen LogP contribution is -2.37. The Labute approximate surface area is 241 Å². The van der Waals surface area contributed by atoms with Gasteiger partial charge in [0.05, 0.1) is 36.8 Å². The van der Waals surface area contributed by atoms with Crippen molar-refractivity contribution in [2.75, 3.05) is 32.8 Å². The van der Waals surface area contributed by atoms with Gasteiger partial charge in [0.2, 0.25) is 5.91 Å². The van der Waals surface area contributed by atoms with E-state index in [-0.39, 0.29) is 11.9 Å². The molecular weight excluding hydrogens is 514 g/mol. The Kier molecular flexibility index (Phi) is 8.16. The number of aryl methyl sites for hydroxylation is 1. The first kappa shape index (κ1) is 27.6. The summed E-state index contributed by atoms with van der Waals surface area (Å²) in [5.41, 5.74) is 6.36. The predicted octanol–water partition coefficient (Wildman–Crippen LogP) is 4.85. The fraction of sp³-hybridized carbons (Fsp3) is 0.500. The number of benzene rings is 1. The number of ether oxygens (including phenoxy) is 1. The average molecular weight is 556 g/mol. The monoisotopic (exact) mass is 555 g/mol. The molecule has 3 aliphatic rings. The van der Waals surface area contributed by atoms with Crippen LogP contribution in [0, 0.1) is 5.92 Å². The van der Waals surface area contributed by atoms with Crippen molar-refractivity contribution >= 4 is 16.7 Å².